The minimum Gasteiger partial charge on any atom is -0.294 e. The van der Waals surface area contributed by atoms with Crippen LogP contribution < -0.4 is 0 Å². The molecular weight excluding hydrogens is 217 g/mol. The smallest absolute Gasteiger partial charge is 0.258 e. The summed E-state index contributed by atoms with van der Waals surface area (Å²) in [6, 6.07) is 4.53. The molecular formula is C12H11F3O. The van der Waals surface area contributed by atoms with Gasteiger partial charge in [0.1, 0.15) is 5.82 Å². The molecule has 0 radical (unpaired) electrons. The van der Waals surface area contributed by atoms with Gasteiger partial charge in [0.15, 0.2) is 5.78 Å². The topological polar surface area (TPSA) is 17.1 Å². The average Bonchev–Trinajstić information content (AvgIpc) is 2.17. The van der Waals surface area contributed by atoms with Gasteiger partial charge in [-0.2, -0.15) is 0 Å². The summed E-state index contributed by atoms with van der Waals surface area (Å²) in [7, 11) is 0. The van der Waals surface area contributed by atoms with Crippen molar-refractivity contribution < 1.29 is 18.0 Å². The van der Waals surface area contributed by atoms with E-state index < -0.39 is 30.4 Å². The molecule has 0 atom stereocenters. The molecule has 1 aromatic rings. The zero-order valence-corrected chi connectivity index (χ0v) is 8.55. The predicted molar refractivity (Wildman–Crippen MR) is 55.1 cm³/mol. The molecule has 0 amide bonds. The third kappa shape index (κ3) is 3.53. The Balaban J connectivity index is 2.72. The lowest BCUT2D eigenvalue weighted by atomic mass is 10.0. The van der Waals surface area contributed by atoms with Crippen LogP contribution in [0.4, 0.5) is 13.2 Å². The van der Waals surface area contributed by atoms with E-state index in [2.05, 4.69) is 6.58 Å². The number of alkyl halides is 2. The van der Waals surface area contributed by atoms with Crippen LogP contribution in [0.2, 0.25) is 0 Å². The molecule has 1 rings (SSSR count). The minimum absolute atomic E-state index is 0.0881. The summed E-state index contributed by atoms with van der Waals surface area (Å²) < 4.78 is 38.7. The SMILES string of the molecule is C=CCC(F)(F)CC(=O)c1ccc(F)cc1. The highest BCUT2D eigenvalue weighted by molar-refractivity contribution is 5.96. The van der Waals surface area contributed by atoms with Gasteiger partial charge in [-0.15, -0.1) is 6.58 Å². The van der Waals surface area contributed by atoms with E-state index in [1.807, 2.05) is 0 Å². The monoisotopic (exact) mass is 228 g/mol. The molecule has 0 fully saturated rings. The van der Waals surface area contributed by atoms with E-state index in [0.717, 1.165) is 18.2 Å². The quantitative estimate of drug-likeness (QED) is 0.555. The molecule has 0 spiro atoms. The Morgan fingerprint density at radius 3 is 2.38 bits per heavy atom. The Morgan fingerprint density at radius 2 is 1.88 bits per heavy atom. The lowest BCUT2D eigenvalue weighted by molar-refractivity contribution is 0.000369. The van der Waals surface area contributed by atoms with Crippen LogP contribution in [-0.2, 0) is 0 Å². The molecule has 0 N–H and O–H groups in total. The van der Waals surface area contributed by atoms with E-state index in [1.165, 1.54) is 12.1 Å². The Bertz CT molecular complexity index is 382. The first kappa shape index (κ1) is 12.5. The number of rotatable bonds is 5. The second-order valence-electron chi connectivity index (χ2n) is 3.46. The summed E-state index contributed by atoms with van der Waals surface area (Å²) in [5.41, 5.74) is 0.0881. The van der Waals surface area contributed by atoms with Gasteiger partial charge in [-0.25, -0.2) is 13.2 Å². The fourth-order valence-electron chi connectivity index (χ4n) is 1.26. The molecule has 0 bridgehead atoms. The number of benzene rings is 1. The number of ketones is 1. The molecule has 0 heterocycles. The molecule has 0 aromatic heterocycles. The van der Waals surface area contributed by atoms with Crippen LogP contribution in [0.5, 0.6) is 0 Å². The summed E-state index contributed by atoms with van der Waals surface area (Å²) in [5.74, 6) is -4.30. The van der Waals surface area contributed by atoms with Gasteiger partial charge < -0.3 is 0 Å². The Labute approximate surface area is 91.6 Å². The van der Waals surface area contributed by atoms with Gasteiger partial charge in [-0.05, 0) is 24.3 Å². The third-order valence-electron chi connectivity index (χ3n) is 2.03. The van der Waals surface area contributed by atoms with Crippen LogP contribution in [-0.4, -0.2) is 11.7 Å². The van der Waals surface area contributed by atoms with Gasteiger partial charge in [0, 0.05) is 12.0 Å². The van der Waals surface area contributed by atoms with Crippen molar-refractivity contribution in [2.45, 2.75) is 18.8 Å². The second-order valence-corrected chi connectivity index (χ2v) is 3.46. The maximum absolute atomic E-state index is 13.1. The predicted octanol–water partition coefficient (Wildman–Crippen LogP) is 3.61. The first-order valence-corrected chi connectivity index (χ1v) is 4.72. The van der Waals surface area contributed by atoms with Gasteiger partial charge >= 0.3 is 0 Å². The summed E-state index contributed by atoms with van der Waals surface area (Å²) in [4.78, 5) is 11.4. The number of carbonyl (C=O) groups excluding carboxylic acids is 1. The normalized spacial score (nSPS) is 11.2. The second kappa shape index (κ2) is 4.96. The molecule has 0 aliphatic carbocycles. The van der Waals surface area contributed by atoms with E-state index >= 15 is 0 Å². The first-order valence-electron chi connectivity index (χ1n) is 4.72. The van der Waals surface area contributed by atoms with Crippen molar-refractivity contribution in [3.05, 3.63) is 48.3 Å². The molecule has 1 nitrogen and oxygen atoms in total. The summed E-state index contributed by atoms with van der Waals surface area (Å²) in [6.07, 6.45) is -0.359. The minimum atomic E-state index is -3.09. The van der Waals surface area contributed by atoms with Crippen molar-refractivity contribution in [2.75, 3.05) is 0 Å². The van der Waals surface area contributed by atoms with Crippen LogP contribution in [0.3, 0.4) is 0 Å². The third-order valence-corrected chi connectivity index (χ3v) is 2.03. The lowest BCUT2D eigenvalue weighted by Crippen LogP contribution is -2.20. The highest BCUT2D eigenvalue weighted by atomic mass is 19.3. The van der Waals surface area contributed by atoms with Crippen molar-refractivity contribution >= 4 is 5.78 Å². The summed E-state index contributed by atoms with van der Waals surface area (Å²) in [5, 5.41) is 0. The van der Waals surface area contributed by atoms with Gasteiger partial charge in [0.05, 0.1) is 6.42 Å². The van der Waals surface area contributed by atoms with Crippen LogP contribution in [0.1, 0.15) is 23.2 Å². The van der Waals surface area contributed by atoms with Crippen molar-refractivity contribution in [1.29, 1.82) is 0 Å². The number of hydrogen-bond acceptors (Lipinski definition) is 1. The number of carbonyl (C=O) groups is 1. The Kier molecular flexibility index (Phi) is 3.88. The average molecular weight is 228 g/mol. The fraction of sp³-hybridized carbons (Fsp3) is 0.250. The molecule has 1 aromatic carbocycles. The highest BCUT2D eigenvalue weighted by Crippen LogP contribution is 2.25. The molecule has 16 heavy (non-hydrogen) atoms. The van der Waals surface area contributed by atoms with Crippen LogP contribution in [0, 0.1) is 5.82 Å². The number of hydrogen-bond donors (Lipinski definition) is 0. The standard InChI is InChI=1S/C12H11F3O/c1-2-7-12(14,15)8-11(16)9-3-5-10(13)6-4-9/h2-6H,1,7-8H2. The first-order chi connectivity index (χ1) is 7.44. The zero-order valence-electron chi connectivity index (χ0n) is 8.55. The van der Waals surface area contributed by atoms with Crippen molar-refractivity contribution in [3.63, 3.8) is 0 Å². The number of Topliss-reactive ketones (excluding diaryl/α,β-unsaturated/α-hetero) is 1. The van der Waals surface area contributed by atoms with E-state index in [-0.39, 0.29) is 5.56 Å². The van der Waals surface area contributed by atoms with Gasteiger partial charge in [0.25, 0.3) is 5.92 Å². The van der Waals surface area contributed by atoms with Crippen LogP contribution in [0.25, 0.3) is 0 Å². The molecule has 0 unspecified atom stereocenters. The molecule has 86 valence electrons. The molecule has 0 saturated carbocycles. The Hall–Kier alpha value is -1.58. The largest absolute Gasteiger partial charge is 0.294 e. The van der Waals surface area contributed by atoms with Gasteiger partial charge in [-0.1, -0.05) is 6.08 Å². The maximum Gasteiger partial charge on any atom is 0.258 e. The Morgan fingerprint density at radius 1 is 1.31 bits per heavy atom. The van der Waals surface area contributed by atoms with Gasteiger partial charge in [0.2, 0.25) is 0 Å². The van der Waals surface area contributed by atoms with Crippen molar-refractivity contribution in [3.8, 4) is 0 Å². The van der Waals surface area contributed by atoms with Crippen molar-refractivity contribution in [1.82, 2.24) is 0 Å². The fourth-order valence-corrected chi connectivity index (χ4v) is 1.26. The zero-order chi connectivity index (χ0) is 12.2. The van der Waals surface area contributed by atoms with E-state index in [4.69, 9.17) is 0 Å². The number of allylic oxidation sites excluding steroid dienone is 1. The highest BCUT2D eigenvalue weighted by Gasteiger charge is 2.30. The molecule has 0 aliphatic heterocycles. The molecule has 0 saturated heterocycles. The maximum atomic E-state index is 13.1. The summed E-state index contributed by atoms with van der Waals surface area (Å²) >= 11 is 0. The van der Waals surface area contributed by atoms with Crippen LogP contribution >= 0.6 is 0 Å². The van der Waals surface area contributed by atoms with E-state index in [9.17, 15) is 18.0 Å². The van der Waals surface area contributed by atoms with Crippen LogP contribution in [0.15, 0.2) is 36.9 Å². The lowest BCUT2D eigenvalue weighted by Gasteiger charge is -2.12. The summed E-state index contributed by atoms with van der Waals surface area (Å²) in [6.45, 7) is 3.20. The number of halogens is 3. The molecule has 0 aliphatic rings. The van der Waals surface area contributed by atoms with Crippen molar-refractivity contribution in [2.24, 2.45) is 0 Å². The van der Waals surface area contributed by atoms with E-state index in [1.54, 1.807) is 0 Å². The molecule has 4 heteroatoms. The van der Waals surface area contributed by atoms with Gasteiger partial charge in [-0.3, -0.25) is 4.79 Å². The van der Waals surface area contributed by atoms with E-state index in [0.29, 0.717) is 0 Å².